The summed E-state index contributed by atoms with van der Waals surface area (Å²) in [7, 11) is 0. The minimum absolute atomic E-state index is 0.0966. The molecule has 1 saturated carbocycles. The Balaban J connectivity index is 1.57. The Labute approximate surface area is 237 Å². The second kappa shape index (κ2) is 14.2. The number of nitrogens with one attached hydrogen (secondary N) is 1. The van der Waals surface area contributed by atoms with Crippen LogP contribution in [0, 0.1) is 0 Å². The average molecular weight is 582 g/mol. The fourth-order valence-electron chi connectivity index (χ4n) is 5.29. The van der Waals surface area contributed by atoms with Gasteiger partial charge in [-0.15, -0.1) is 5.10 Å². The van der Waals surface area contributed by atoms with E-state index >= 15 is 0 Å². The Morgan fingerprint density at radius 3 is 2.51 bits per heavy atom. The monoisotopic (exact) mass is 581 g/mol. The summed E-state index contributed by atoms with van der Waals surface area (Å²) < 4.78 is 22.8. The van der Waals surface area contributed by atoms with Gasteiger partial charge in [-0.1, -0.05) is 29.4 Å². The quantitative estimate of drug-likeness (QED) is 0.266. The molecule has 228 valence electrons. The van der Waals surface area contributed by atoms with Gasteiger partial charge < -0.3 is 39.4 Å². The van der Waals surface area contributed by atoms with Gasteiger partial charge in [0.05, 0.1) is 38.7 Å². The molecule has 2 heterocycles. The molecule has 0 spiro atoms. The molecular weight excluding hydrogens is 542 g/mol. The molecule has 1 aromatic rings. The maximum Gasteiger partial charge on any atom is 0.429 e. The van der Waals surface area contributed by atoms with E-state index in [4.69, 9.17) is 18.9 Å². The Bertz CT molecular complexity index is 1100. The molecule has 41 heavy (non-hydrogen) atoms. The molecule has 4 rings (SSSR count). The highest BCUT2D eigenvalue weighted by molar-refractivity contribution is 5.75. The number of aliphatic hydroxyl groups is 4. The fraction of sp³-hybridized carbons (Fsp3) is 0.692. The van der Waals surface area contributed by atoms with Crippen molar-refractivity contribution in [1.29, 1.82) is 0 Å². The zero-order valence-electron chi connectivity index (χ0n) is 23.2. The van der Waals surface area contributed by atoms with Gasteiger partial charge in [-0.25, -0.2) is 24.7 Å². The normalized spacial score (nSPS) is 29.9. The molecule has 15 nitrogen and oxygen atoms in total. The molecule has 15 heteroatoms. The van der Waals surface area contributed by atoms with Crippen LogP contribution in [0.2, 0.25) is 0 Å². The molecule has 0 aromatic carbocycles. The van der Waals surface area contributed by atoms with Crippen LogP contribution < -0.4 is 5.43 Å². The van der Waals surface area contributed by atoms with Crippen molar-refractivity contribution >= 4 is 12.2 Å². The standard InChI is InChI=1S/C26H39N5O10/c1-3-38-25(36)28-31(26(37)39-4-2)20-17(15-8-6-5-7-9-15)10-11-18(20)30-12-16(27-29-30)14-40-24-23(35)22(34)21(33)19(13-32)41-24/h10-12,18-24,32-35H,3-9,13-14H2,1-2H3,(H,28,36)/t18-,19-,20-,21+,22+,23-,24-/m1/s1. The van der Waals surface area contributed by atoms with Crippen LogP contribution in [0.15, 0.2) is 29.5 Å². The summed E-state index contributed by atoms with van der Waals surface area (Å²) in [6.07, 6.45) is 1.70. The predicted octanol–water partition coefficient (Wildman–Crippen LogP) is 0.454. The average Bonchev–Trinajstić information content (AvgIpc) is 3.62. The zero-order chi connectivity index (χ0) is 29.5. The summed E-state index contributed by atoms with van der Waals surface area (Å²) >= 11 is 0. The van der Waals surface area contributed by atoms with Gasteiger partial charge in [0.2, 0.25) is 0 Å². The number of ether oxygens (including phenoxy) is 4. The van der Waals surface area contributed by atoms with Crippen LogP contribution >= 0.6 is 0 Å². The minimum atomic E-state index is -1.57. The summed E-state index contributed by atoms with van der Waals surface area (Å²) in [6, 6.07) is -1.27. The molecular formula is C26H39N5O10. The summed E-state index contributed by atoms with van der Waals surface area (Å²) in [5.74, 6) is 0. The number of nitrogens with zero attached hydrogens (tertiary/aromatic N) is 4. The van der Waals surface area contributed by atoms with Gasteiger partial charge in [-0.05, 0) is 45.1 Å². The van der Waals surface area contributed by atoms with Crippen molar-refractivity contribution in [3.8, 4) is 0 Å². The fourth-order valence-corrected chi connectivity index (χ4v) is 5.29. The van der Waals surface area contributed by atoms with E-state index in [0.717, 1.165) is 42.7 Å². The molecule has 1 aliphatic heterocycles. The van der Waals surface area contributed by atoms with E-state index in [1.54, 1.807) is 20.0 Å². The molecule has 5 N–H and O–H groups in total. The van der Waals surface area contributed by atoms with E-state index in [2.05, 4.69) is 15.7 Å². The smallest absolute Gasteiger partial charge is 0.429 e. The number of amides is 2. The van der Waals surface area contributed by atoms with E-state index in [-0.39, 0.29) is 19.8 Å². The summed E-state index contributed by atoms with van der Waals surface area (Å²) in [6.45, 7) is 2.78. The van der Waals surface area contributed by atoms with E-state index in [1.807, 2.05) is 12.2 Å². The summed E-state index contributed by atoms with van der Waals surface area (Å²) in [5, 5.41) is 49.1. The lowest BCUT2D eigenvalue weighted by atomic mass is 9.88. The second-order valence-electron chi connectivity index (χ2n) is 10.0. The Hall–Kier alpha value is -3.08. The first-order valence-electron chi connectivity index (χ1n) is 13.9. The van der Waals surface area contributed by atoms with Crippen molar-refractivity contribution < 1.29 is 49.0 Å². The van der Waals surface area contributed by atoms with E-state index < -0.39 is 61.6 Å². The third-order valence-corrected chi connectivity index (χ3v) is 7.32. The van der Waals surface area contributed by atoms with Gasteiger partial charge in [-0.3, -0.25) is 0 Å². The van der Waals surface area contributed by atoms with Crippen molar-refractivity contribution in [3.63, 3.8) is 0 Å². The van der Waals surface area contributed by atoms with Gasteiger partial charge in [0.1, 0.15) is 36.2 Å². The van der Waals surface area contributed by atoms with Gasteiger partial charge in [0.15, 0.2) is 6.29 Å². The Morgan fingerprint density at radius 1 is 1.10 bits per heavy atom. The maximum absolute atomic E-state index is 13.1. The van der Waals surface area contributed by atoms with Crippen LogP contribution in [-0.4, -0.2) is 109 Å². The topological polar surface area (TPSA) is 198 Å². The number of hydrazine groups is 1. The number of carbonyl (C=O) groups excluding carboxylic acids is 2. The first kappa shape index (κ1) is 30.9. The van der Waals surface area contributed by atoms with Gasteiger partial charge >= 0.3 is 12.2 Å². The third-order valence-electron chi connectivity index (χ3n) is 7.32. The number of aliphatic hydroxyl groups excluding tert-OH is 4. The molecule has 7 atom stereocenters. The molecule has 0 radical (unpaired) electrons. The minimum Gasteiger partial charge on any atom is -0.449 e. The molecule has 2 aliphatic carbocycles. The van der Waals surface area contributed by atoms with Crippen molar-refractivity contribution in [3.05, 3.63) is 35.2 Å². The molecule has 2 fully saturated rings. The van der Waals surface area contributed by atoms with Crippen LogP contribution in [0.4, 0.5) is 9.59 Å². The van der Waals surface area contributed by atoms with E-state index in [1.165, 1.54) is 10.3 Å². The lowest BCUT2D eigenvalue weighted by molar-refractivity contribution is -0.304. The largest absolute Gasteiger partial charge is 0.449 e. The lowest BCUT2D eigenvalue weighted by Crippen LogP contribution is -2.59. The molecule has 0 unspecified atom stereocenters. The number of allylic oxidation sites excluding steroid dienone is 1. The van der Waals surface area contributed by atoms with Gasteiger partial charge in [-0.2, -0.15) is 0 Å². The SMILES string of the molecule is CCOC(=O)NN(C(=O)OCC)[C@@H]1C(=C2CCCCC2)C=C[C@H]1n1cc(CO[C@@H]2O[C@H](CO)[C@H](O)[C@H](O)[C@H]2O)nn1. The van der Waals surface area contributed by atoms with Crippen LogP contribution in [0.25, 0.3) is 0 Å². The highest BCUT2D eigenvalue weighted by Gasteiger charge is 2.44. The van der Waals surface area contributed by atoms with Crippen LogP contribution in [0.5, 0.6) is 0 Å². The number of rotatable bonds is 8. The lowest BCUT2D eigenvalue weighted by Gasteiger charge is -2.39. The highest BCUT2D eigenvalue weighted by atomic mass is 16.7. The molecule has 3 aliphatic rings. The first-order chi connectivity index (χ1) is 19.8. The molecule has 2 amide bonds. The van der Waals surface area contributed by atoms with Crippen molar-refractivity contribution in [2.75, 3.05) is 19.8 Å². The van der Waals surface area contributed by atoms with E-state index in [0.29, 0.717) is 5.69 Å². The van der Waals surface area contributed by atoms with Crippen LogP contribution in [0.3, 0.4) is 0 Å². The second-order valence-corrected chi connectivity index (χ2v) is 10.0. The molecule has 0 bridgehead atoms. The number of aromatic nitrogens is 3. The van der Waals surface area contributed by atoms with Crippen molar-refractivity contribution in [2.45, 2.75) is 95.3 Å². The van der Waals surface area contributed by atoms with Crippen LogP contribution in [-0.2, 0) is 25.6 Å². The predicted molar refractivity (Wildman–Crippen MR) is 140 cm³/mol. The van der Waals surface area contributed by atoms with E-state index in [9.17, 15) is 30.0 Å². The van der Waals surface area contributed by atoms with Crippen molar-refractivity contribution in [1.82, 2.24) is 25.4 Å². The number of carbonyl (C=O) groups is 2. The Kier molecular flexibility index (Phi) is 10.7. The summed E-state index contributed by atoms with van der Waals surface area (Å²) in [5.41, 5.74) is 4.95. The van der Waals surface area contributed by atoms with Gasteiger partial charge in [0.25, 0.3) is 0 Å². The highest BCUT2D eigenvalue weighted by Crippen LogP contribution is 2.38. The third kappa shape index (κ3) is 7.05. The number of hydrogen-bond donors (Lipinski definition) is 5. The maximum atomic E-state index is 13.1. The first-order valence-corrected chi connectivity index (χ1v) is 13.9. The van der Waals surface area contributed by atoms with Gasteiger partial charge in [0, 0.05) is 0 Å². The molecule has 1 aromatic heterocycles. The zero-order valence-corrected chi connectivity index (χ0v) is 23.2. The Morgan fingerprint density at radius 2 is 1.83 bits per heavy atom. The number of hydrogen-bond acceptors (Lipinski definition) is 12. The van der Waals surface area contributed by atoms with Crippen molar-refractivity contribution in [2.24, 2.45) is 0 Å². The summed E-state index contributed by atoms with van der Waals surface area (Å²) in [4.78, 5) is 25.6. The van der Waals surface area contributed by atoms with Crippen LogP contribution in [0.1, 0.15) is 57.7 Å². The molecule has 1 saturated heterocycles.